The molecule has 0 atom stereocenters. The minimum atomic E-state index is -0.591. The summed E-state index contributed by atoms with van der Waals surface area (Å²) in [7, 11) is 3.08. The van der Waals surface area contributed by atoms with E-state index in [2.05, 4.69) is 47.4 Å². The molecule has 11 heteroatoms. The van der Waals surface area contributed by atoms with Gasteiger partial charge < -0.3 is 19.2 Å². The summed E-state index contributed by atoms with van der Waals surface area (Å²) < 4.78 is 17.6. The molecular weight excluding hydrogens is 690 g/mol. The Balaban J connectivity index is 1.47. The number of para-hydroxylation sites is 1. The van der Waals surface area contributed by atoms with Gasteiger partial charge in [-0.25, -0.2) is 10.2 Å². The second kappa shape index (κ2) is 12.8. The fourth-order valence-electron chi connectivity index (χ4n) is 4.38. The van der Waals surface area contributed by atoms with E-state index >= 15 is 0 Å². The molecule has 0 bridgehead atoms. The van der Waals surface area contributed by atoms with Gasteiger partial charge in [0.2, 0.25) is 0 Å². The number of benzene rings is 4. The van der Waals surface area contributed by atoms with Crippen molar-refractivity contribution in [3.8, 4) is 28.4 Å². The first-order valence-electron chi connectivity index (χ1n) is 12.4. The standard InChI is InChI=1S/C31H22Br2ClN3O5/c1-40-20-8-5-7-17(14-20)31(39)42-29-18(13-19(32)15-23(29)33)16-35-37-30(38)28-26(21-9-3-4-11-24(21)34)22-10-6-12-25(41-2)27(22)36-28/h3-16,36H,1-2H3,(H,37,38). The van der Waals surface area contributed by atoms with Crippen molar-refractivity contribution in [1.29, 1.82) is 0 Å². The highest BCUT2D eigenvalue weighted by molar-refractivity contribution is 9.11. The zero-order valence-corrected chi connectivity index (χ0v) is 26.1. The van der Waals surface area contributed by atoms with E-state index in [9.17, 15) is 9.59 Å². The summed E-state index contributed by atoms with van der Waals surface area (Å²) >= 11 is 13.4. The average Bonchev–Trinajstić information content (AvgIpc) is 3.38. The van der Waals surface area contributed by atoms with E-state index in [1.54, 1.807) is 55.6 Å². The molecular formula is C31H22Br2ClN3O5. The first kappa shape index (κ1) is 29.4. The van der Waals surface area contributed by atoms with E-state index in [1.807, 2.05) is 30.3 Å². The van der Waals surface area contributed by atoms with Crippen LogP contribution in [0.3, 0.4) is 0 Å². The number of amides is 1. The molecule has 1 heterocycles. The Kier molecular flexibility index (Phi) is 8.96. The summed E-state index contributed by atoms with van der Waals surface area (Å²) in [6.45, 7) is 0. The molecule has 0 aliphatic rings. The van der Waals surface area contributed by atoms with E-state index in [0.717, 1.165) is 5.39 Å². The molecule has 0 spiro atoms. The van der Waals surface area contributed by atoms with Crippen LogP contribution in [0.15, 0.2) is 92.9 Å². The molecule has 0 saturated carbocycles. The molecule has 0 unspecified atom stereocenters. The van der Waals surface area contributed by atoms with Gasteiger partial charge in [0.05, 0.1) is 36.0 Å². The van der Waals surface area contributed by atoms with Gasteiger partial charge in [0, 0.05) is 31.6 Å². The number of fused-ring (bicyclic) bond motifs is 1. The number of hydrogen-bond donors (Lipinski definition) is 2. The number of esters is 1. The second-order valence-corrected chi connectivity index (χ2v) is 11.0. The second-order valence-electron chi connectivity index (χ2n) is 8.86. The molecule has 1 aromatic heterocycles. The summed E-state index contributed by atoms with van der Waals surface area (Å²) in [5.41, 5.74) is 5.49. The van der Waals surface area contributed by atoms with Crippen LogP contribution >= 0.6 is 43.5 Å². The highest BCUT2D eigenvalue weighted by Crippen LogP contribution is 2.39. The summed E-state index contributed by atoms with van der Waals surface area (Å²) in [6.07, 6.45) is 1.39. The Labute approximate surface area is 262 Å². The first-order valence-corrected chi connectivity index (χ1v) is 14.4. The largest absolute Gasteiger partial charge is 0.497 e. The lowest BCUT2D eigenvalue weighted by Crippen LogP contribution is -2.19. The smallest absolute Gasteiger partial charge is 0.343 e. The maximum Gasteiger partial charge on any atom is 0.343 e. The summed E-state index contributed by atoms with van der Waals surface area (Å²) in [5, 5.41) is 5.43. The van der Waals surface area contributed by atoms with Gasteiger partial charge in [-0.05, 0) is 58.4 Å². The van der Waals surface area contributed by atoms with Gasteiger partial charge in [0.15, 0.2) is 5.75 Å². The van der Waals surface area contributed by atoms with Gasteiger partial charge in [0.1, 0.15) is 17.2 Å². The molecule has 212 valence electrons. The Bertz CT molecular complexity index is 1850. The molecule has 0 fully saturated rings. The monoisotopic (exact) mass is 709 g/mol. The number of rotatable bonds is 8. The number of carbonyl (C=O) groups is 2. The molecule has 0 radical (unpaired) electrons. The quantitative estimate of drug-likeness (QED) is 0.0735. The third-order valence-electron chi connectivity index (χ3n) is 6.29. The Hall–Kier alpha value is -4.12. The Morgan fingerprint density at radius 2 is 1.74 bits per heavy atom. The number of carbonyl (C=O) groups excluding carboxylic acids is 2. The zero-order chi connectivity index (χ0) is 29.8. The molecule has 42 heavy (non-hydrogen) atoms. The molecule has 5 rings (SSSR count). The van der Waals surface area contributed by atoms with E-state index in [1.165, 1.54) is 13.3 Å². The lowest BCUT2D eigenvalue weighted by Gasteiger charge is -2.11. The van der Waals surface area contributed by atoms with Crippen LogP contribution in [-0.4, -0.2) is 37.3 Å². The van der Waals surface area contributed by atoms with Gasteiger partial charge in [-0.3, -0.25) is 4.79 Å². The third-order valence-corrected chi connectivity index (χ3v) is 7.67. The molecule has 0 aliphatic carbocycles. The predicted molar refractivity (Wildman–Crippen MR) is 170 cm³/mol. The van der Waals surface area contributed by atoms with Crippen LogP contribution in [0.4, 0.5) is 0 Å². The lowest BCUT2D eigenvalue weighted by atomic mass is 10.0. The van der Waals surface area contributed by atoms with Crippen LogP contribution in [0.1, 0.15) is 26.4 Å². The van der Waals surface area contributed by atoms with Crippen molar-refractivity contribution in [2.45, 2.75) is 0 Å². The van der Waals surface area contributed by atoms with E-state index in [4.69, 9.17) is 25.8 Å². The number of aromatic amines is 1. The van der Waals surface area contributed by atoms with Gasteiger partial charge in [0.25, 0.3) is 5.91 Å². The van der Waals surface area contributed by atoms with Crippen molar-refractivity contribution >= 4 is 72.5 Å². The van der Waals surface area contributed by atoms with Crippen molar-refractivity contribution in [2.75, 3.05) is 14.2 Å². The van der Waals surface area contributed by atoms with Crippen molar-refractivity contribution in [2.24, 2.45) is 5.10 Å². The van der Waals surface area contributed by atoms with Crippen molar-refractivity contribution < 1.29 is 23.8 Å². The van der Waals surface area contributed by atoms with Gasteiger partial charge in [-0.1, -0.05) is 63.9 Å². The number of hydrazone groups is 1. The minimum Gasteiger partial charge on any atom is -0.497 e. The topological polar surface area (TPSA) is 102 Å². The highest BCUT2D eigenvalue weighted by Gasteiger charge is 2.22. The van der Waals surface area contributed by atoms with Crippen molar-refractivity contribution in [1.82, 2.24) is 10.4 Å². The molecule has 5 aromatic rings. The number of ether oxygens (including phenoxy) is 3. The number of aromatic nitrogens is 1. The fourth-order valence-corrected chi connectivity index (χ4v) is 5.95. The van der Waals surface area contributed by atoms with Crippen molar-refractivity contribution in [3.05, 3.63) is 110 Å². The van der Waals surface area contributed by atoms with E-state index < -0.39 is 11.9 Å². The van der Waals surface area contributed by atoms with E-state index in [0.29, 0.717) is 53.2 Å². The molecule has 1 amide bonds. The Morgan fingerprint density at radius 3 is 2.50 bits per heavy atom. The lowest BCUT2D eigenvalue weighted by molar-refractivity contribution is 0.0732. The zero-order valence-electron chi connectivity index (χ0n) is 22.2. The van der Waals surface area contributed by atoms with Crippen LogP contribution in [0.25, 0.3) is 22.0 Å². The fraction of sp³-hybridized carbons (Fsp3) is 0.0645. The summed E-state index contributed by atoms with van der Waals surface area (Å²) in [4.78, 5) is 29.6. The average molecular weight is 712 g/mol. The van der Waals surface area contributed by atoms with Crippen LogP contribution in [0.2, 0.25) is 5.02 Å². The van der Waals surface area contributed by atoms with Gasteiger partial charge in [-0.2, -0.15) is 5.10 Å². The number of hydrogen-bond acceptors (Lipinski definition) is 6. The number of nitrogens with one attached hydrogen (secondary N) is 2. The molecule has 8 nitrogen and oxygen atoms in total. The molecule has 0 saturated heterocycles. The maximum atomic E-state index is 13.5. The molecule has 4 aromatic carbocycles. The SMILES string of the molecule is COc1cccc(C(=O)Oc2c(Br)cc(Br)cc2C=NNC(=O)c2[nH]c3c(OC)cccc3c2-c2ccccc2Cl)c1. The predicted octanol–water partition coefficient (Wildman–Crippen LogP) is 8.01. The minimum absolute atomic E-state index is 0.219. The number of halogens is 3. The maximum absolute atomic E-state index is 13.5. The number of methoxy groups -OCH3 is 2. The number of nitrogens with zero attached hydrogens (tertiary/aromatic N) is 1. The Morgan fingerprint density at radius 1 is 0.952 bits per heavy atom. The highest BCUT2D eigenvalue weighted by atomic mass is 79.9. The van der Waals surface area contributed by atoms with Crippen LogP contribution in [-0.2, 0) is 0 Å². The normalized spacial score (nSPS) is 11.1. The molecule has 0 aliphatic heterocycles. The summed E-state index contributed by atoms with van der Waals surface area (Å²) in [6, 6.07) is 22.9. The van der Waals surface area contributed by atoms with E-state index in [-0.39, 0.29) is 11.4 Å². The van der Waals surface area contributed by atoms with Crippen LogP contribution in [0.5, 0.6) is 17.2 Å². The third kappa shape index (κ3) is 6.06. The van der Waals surface area contributed by atoms with Crippen LogP contribution < -0.4 is 19.6 Å². The van der Waals surface area contributed by atoms with Crippen LogP contribution in [0, 0.1) is 0 Å². The van der Waals surface area contributed by atoms with Gasteiger partial charge >= 0.3 is 5.97 Å². The first-order chi connectivity index (χ1) is 20.3. The summed E-state index contributed by atoms with van der Waals surface area (Å²) in [5.74, 6) is 0.214. The molecule has 2 N–H and O–H groups in total. The van der Waals surface area contributed by atoms with Crippen molar-refractivity contribution in [3.63, 3.8) is 0 Å². The van der Waals surface area contributed by atoms with Gasteiger partial charge in [-0.15, -0.1) is 0 Å². The number of H-pyrrole nitrogens is 1.